The van der Waals surface area contributed by atoms with E-state index in [0.29, 0.717) is 0 Å². The Bertz CT molecular complexity index is 404. The quantitative estimate of drug-likeness (QED) is 0.575. The second kappa shape index (κ2) is 4.19. The molecule has 0 saturated heterocycles. The van der Waals surface area contributed by atoms with E-state index in [-0.39, 0.29) is 16.7 Å². The summed E-state index contributed by atoms with van der Waals surface area (Å²) in [5, 5.41) is 0. The highest BCUT2D eigenvalue weighted by Gasteiger charge is 2.27. The van der Waals surface area contributed by atoms with Crippen LogP contribution in [0.15, 0.2) is 12.1 Å². The van der Waals surface area contributed by atoms with Crippen molar-refractivity contribution in [1.82, 2.24) is 0 Å². The smallest absolute Gasteiger partial charge is 0.465 e. The molecule has 16 heavy (non-hydrogen) atoms. The van der Waals surface area contributed by atoms with E-state index < -0.39 is 18.4 Å². The van der Waals surface area contributed by atoms with Gasteiger partial charge in [0.2, 0.25) is 0 Å². The van der Waals surface area contributed by atoms with E-state index >= 15 is 0 Å². The van der Waals surface area contributed by atoms with Crippen molar-refractivity contribution in [3.05, 3.63) is 28.8 Å². The fourth-order valence-corrected chi connectivity index (χ4v) is 1.61. The summed E-state index contributed by atoms with van der Waals surface area (Å²) in [7, 11) is 1.20. The molecule has 0 amide bonds. The molecule has 0 saturated carbocycles. The largest absolute Gasteiger partial charge is 0.509 e. The summed E-state index contributed by atoms with van der Waals surface area (Å²) in [6, 6.07) is 1.94. The van der Waals surface area contributed by atoms with E-state index in [0.717, 1.165) is 12.1 Å². The highest BCUT2D eigenvalue weighted by molar-refractivity contribution is 6.73. The number of aryl methyl sites for hydroxylation is 2. The van der Waals surface area contributed by atoms with E-state index in [1.165, 1.54) is 21.0 Å². The summed E-state index contributed by atoms with van der Waals surface area (Å²) in [4.78, 5) is 11.3. The molecule has 0 bridgehead atoms. The number of hydrogen-bond acceptors (Lipinski definition) is 2. The van der Waals surface area contributed by atoms with Crippen molar-refractivity contribution in [2.75, 3.05) is 7.11 Å². The first-order chi connectivity index (χ1) is 7.27. The van der Waals surface area contributed by atoms with Crippen LogP contribution in [0.4, 0.5) is 12.9 Å². The number of carbonyl (C=O) groups is 1. The van der Waals surface area contributed by atoms with Crippen LogP contribution in [0.25, 0.3) is 0 Å². The molecule has 0 fully saturated rings. The first-order valence-electron chi connectivity index (χ1n) is 4.66. The van der Waals surface area contributed by atoms with Crippen molar-refractivity contribution in [3.63, 3.8) is 0 Å². The van der Waals surface area contributed by atoms with Gasteiger partial charge in [0.25, 0.3) is 0 Å². The highest BCUT2D eigenvalue weighted by atomic mass is 19.4. The number of hydrogen-bond donors (Lipinski definition) is 0. The van der Waals surface area contributed by atoms with Crippen LogP contribution in [-0.4, -0.2) is 20.1 Å². The van der Waals surface area contributed by atoms with Gasteiger partial charge in [-0.15, -0.1) is 5.46 Å². The highest BCUT2D eigenvalue weighted by Crippen LogP contribution is 2.17. The van der Waals surface area contributed by atoms with Crippen LogP contribution >= 0.6 is 0 Å². The van der Waals surface area contributed by atoms with Crippen molar-refractivity contribution in [1.29, 1.82) is 0 Å². The number of ether oxygens (including phenoxy) is 1. The zero-order chi connectivity index (χ0) is 12.5. The summed E-state index contributed by atoms with van der Waals surface area (Å²) in [6.07, 6.45) is 0. The molecule has 0 heterocycles. The van der Waals surface area contributed by atoms with Crippen LogP contribution in [-0.2, 0) is 4.74 Å². The summed E-state index contributed by atoms with van der Waals surface area (Å²) in [5.74, 6) is -0.615. The standard InChI is InChI=1S/C10H11BF3O2/c1-6-4-8(11(12,13)14)5-7(2)9(6)10(15)16-3/h4-5H,1-3H3/q-1. The van der Waals surface area contributed by atoms with Crippen LogP contribution < -0.4 is 5.46 Å². The maximum Gasteiger partial charge on any atom is 0.509 e. The van der Waals surface area contributed by atoms with E-state index in [2.05, 4.69) is 4.74 Å². The average Bonchev–Trinajstić information content (AvgIpc) is 2.14. The topological polar surface area (TPSA) is 26.3 Å². The number of methoxy groups -OCH3 is 1. The molecule has 0 radical (unpaired) electrons. The van der Waals surface area contributed by atoms with Crippen molar-refractivity contribution in [3.8, 4) is 0 Å². The van der Waals surface area contributed by atoms with Gasteiger partial charge in [0.15, 0.2) is 0 Å². The molecule has 0 aliphatic carbocycles. The van der Waals surface area contributed by atoms with E-state index in [1.54, 1.807) is 0 Å². The molecule has 1 aromatic rings. The van der Waals surface area contributed by atoms with Crippen molar-refractivity contribution >= 4 is 18.4 Å². The Kier molecular flexibility index (Phi) is 3.31. The molecule has 0 aliphatic rings. The minimum absolute atomic E-state index is 0.200. The van der Waals surface area contributed by atoms with Gasteiger partial charge in [0.1, 0.15) is 0 Å². The lowest BCUT2D eigenvalue weighted by Gasteiger charge is -2.18. The molecule has 1 aromatic carbocycles. The third kappa shape index (κ3) is 2.37. The normalized spacial score (nSPS) is 11.4. The molecule has 2 nitrogen and oxygen atoms in total. The number of esters is 1. The van der Waals surface area contributed by atoms with Crippen LogP contribution in [0.5, 0.6) is 0 Å². The zero-order valence-corrected chi connectivity index (χ0v) is 9.18. The van der Waals surface area contributed by atoms with Crippen LogP contribution in [0.1, 0.15) is 21.5 Å². The average molecular weight is 231 g/mol. The van der Waals surface area contributed by atoms with Gasteiger partial charge < -0.3 is 17.7 Å². The fraction of sp³-hybridized carbons (Fsp3) is 0.300. The van der Waals surface area contributed by atoms with Gasteiger partial charge in [0.05, 0.1) is 12.7 Å². The number of carbonyl (C=O) groups excluding carboxylic acids is 1. The lowest BCUT2D eigenvalue weighted by atomic mass is 9.77. The Morgan fingerprint density at radius 1 is 1.19 bits per heavy atom. The molecule has 88 valence electrons. The second-order valence-electron chi connectivity index (χ2n) is 3.60. The van der Waals surface area contributed by atoms with Gasteiger partial charge in [-0.2, -0.15) is 0 Å². The summed E-state index contributed by atoms with van der Waals surface area (Å²) < 4.78 is 42.0. The van der Waals surface area contributed by atoms with Crippen molar-refractivity contribution < 1.29 is 22.5 Å². The van der Waals surface area contributed by atoms with Gasteiger partial charge in [0, 0.05) is 0 Å². The molecule has 0 aliphatic heterocycles. The third-order valence-corrected chi connectivity index (χ3v) is 2.32. The Hall–Kier alpha value is -1.46. The molecule has 6 heteroatoms. The minimum Gasteiger partial charge on any atom is -0.465 e. The summed E-state index contributed by atoms with van der Waals surface area (Å²) in [5.41, 5.74) is 0.0658. The van der Waals surface area contributed by atoms with Crippen LogP contribution in [0.2, 0.25) is 0 Å². The summed E-state index contributed by atoms with van der Waals surface area (Å²) in [6.45, 7) is -2.11. The Morgan fingerprint density at radius 3 is 1.94 bits per heavy atom. The van der Waals surface area contributed by atoms with Crippen LogP contribution in [0, 0.1) is 13.8 Å². The number of benzene rings is 1. The first-order valence-corrected chi connectivity index (χ1v) is 4.66. The Balaban J connectivity index is 3.34. The van der Waals surface area contributed by atoms with Crippen molar-refractivity contribution in [2.45, 2.75) is 13.8 Å². The van der Waals surface area contributed by atoms with E-state index in [1.807, 2.05) is 0 Å². The molecule has 1 rings (SSSR count). The first kappa shape index (κ1) is 12.6. The molecule has 0 spiro atoms. The van der Waals surface area contributed by atoms with Crippen molar-refractivity contribution in [2.24, 2.45) is 0 Å². The molecule has 0 atom stereocenters. The van der Waals surface area contributed by atoms with Gasteiger partial charge in [-0.3, -0.25) is 0 Å². The monoisotopic (exact) mass is 231 g/mol. The zero-order valence-electron chi connectivity index (χ0n) is 9.18. The second-order valence-corrected chi connectivity index (χ2v) is 3.60. The van der Waals surface area contributed by atoms with Gasteiger partial charge in [-0.1, -0.05) is 12.1 Å². The predicted molar refractivity (Wildman–Crippen MR) is 56.0 cm³/mol. The SMILES string of the molecule is COC(=O)c1c(C)cc([B-](F)(F)F)cc1C. The van der Waals surface area contributed by atoms with E-state index in [4.69, 9.17) is 0 Å². The van der Waals surface area contributed by atoms with Gasteiger partial charge >= 0.3 is 12.9 Å². The van der Waals surface area contributed by atoms with E-state index in [9.17, 15) is 17.7 Å². The Labute approximate surface area is 91.5 Å². The van der Waals surface area contributed by atoms with Gasteiger partial charge in [-0.25, -0.2) is 4.79 Å². The fourth-order valence-electron chi connectivity index (χ4n) is 1.61. The number of rotatable bonds is 2. The lowest BCUT2D eigenvalue weighted by molar-refractivity contribution is 0.0599. The molecular formula is C10H11BF3O2-. The third-order valence-electron chi connectivity index (χ3n) is 2.32. The maximum atomic E-state index is 12.5. The minimum atomic E-state index is -5.04. The maximum absolute atomic E-state index is 12.5. The summed E-state index contributed by atoms with van der Waals surface area (Å²) >= 11 is 0. The molecule has 0 N–H and O–H groups in total. The molecule has 0 aromatic heterocycles. The van der Waals surface area contributed by atoms with Crippen LogP contribution in [0.3, 0.4) is 0 Å². The molecule has 0 unspecified atom stereocenters. The van der Waals surface area contributed by atoms with Gasteiger partial charge in [-0.05, 0) is 25.0 Å². The number of halogens is 3. The predicted octanol–water partition coefficient (Wildman–Crippen LogP) is 2.14. The Morgan fingerprint density at radius 2 is 1.62 bits per heavy atom. The lowest BCUT2D eigenvalue weighted by Crippen LogP contribution is -2.35. The molecular weight excluding hydrogens is 220 g/mol.